The van der Waals surface area contributed by atoms with Crippen LogP contribution in [0, 0.1) is 0 Å². The summed E-state index contributed by atoms with van der Waals surface area (Å²) >= 11 is 5.33. The molecule has 8 heteroatoms. The van der Waals surface area contributed by atoms with E-state index in [1.165, 1.54) is 0 Å². The maximum absolute atomic E-state index is 12.6. The Morgan fingerprint density at radius 2 is 2.00 bits per heavy atom. The molecule has 1 rings (SSSR count). The smallest absolute Gasteiger partial charge is 0.365 e. The average molecular weight is 230 g/mol. The van der Waals surface area contributed by atoms with Gasteiger partial charge in [-0.2, -0.15) is 8.78 Å². The lowest BCUT2D eigenvalue weighted by Crippen LogP contribution is -2.26. The topological polar surface area (TPSA) is 51.8 Å². The van der Waals surface area contributed by atoms with Crippen LogP contribution in [0.4, 0.5) is 23.4 Å². The van der Waals surface area contributed by atoms with Gasteiger partial charge in [0, 0.05) is 0 Å². The van der Waals surface area contributed by atoms with Crippen molar-refractivity contribution in [2.24, 2.45) is 0 Å². The van der Waals surface area contributed by atoms with Crippen LogP contribution in [0.5, 0.6) is 0 Å². The SMILES string of the molecule is Nc1nc(C(F)(F)C(F)F)ncc1Cl. The molecule has 0 saturated carbocycles. The van der Waals surface area contributed by atoms with Gasteiger partial charge in [0.15, 0.2) is 0 Å². The monoisotopic (exact) mass is 229 g/mol. The van der Waals surface area contributed by atoms with E-state index in [1.54, 1.807) is 0 Å². The van der Waals surface area contributed by atoms with Gasteiger partial charge in [0.05, 0.1) is 6.20 Å². The van der Waals surface area contributed by atoms with E-state index in [-0.39, 0.29) is 5.02 Å². The largest absolute Gasteiger partial charge is 0.382 e. The van der Waals surface area contributed by atoms with Crippen molar-refractivity contribution < 1.29 is 17.6 Å². The molecule has 0 unspecified atom stereocenters. The highest BCUT2D eigenvalue weighted by atomic mass is 35.5. The molecule has 1 aromatic heterocycles. The number of hydrogen-bond acceptors (Lipinski definition) is 3. The van der Waals surface area contributed by atoms with E-state index in [0.717, 1.165) is 6.20 Å². The van der Waals surface area contributed by atoms with Crippen molar-refractivity contribution in [3.8, 4) is 0 Å². The molecule has 0 amide bonds. The number of anilines is 1. The van der Waals surface area contributed by atoms with Crippen molar-refractivity contribution in [2.45, 2.75) is 12.3 Å². The van der Waals surface area contributed by atoms with Gasteiger partial charge >= 0.3 is 12.3 Å². The van der Waals surface area contributed by atoms with Gasteiger partial charge in [-0.25, -0.2) is 18.7 Å². The summed E-state index contributed by atoms with van der Waals surface area (Å²) in [6, 6.07) is 0. The molecular weight excluding hydrogens is 226 g/mol. The molecule has 0 atom stereocenters. The molecule has 0 aromatic carbocycles. The molecule has 2 N–H and O–H groups in total. The third kappa shape index (κ3) is 1.87. The Morgan fingerprint density at radius 3 is 2.43 bits per heavy atom. The summed E-state index contributed by atoms with van der Waals surface area (Å²) in [6.45, 7) is 0. The zero-order chi connectivity index (χ0) is 10.9. The summed E-state index contributed by atoms with van der Waals surface area (Å²) in [5.41, 5.74) is 5.06. The first-order valence-corrected chi connectivity index (χ1v) is 3.68. The second-order valence-electron chi connectivity index (χ2n) is 2.35. The average Bonchev–Trinajstić information content (AvgIpc) is 2.09. The first-order valence-electron chi connectivity index (χ1n) is 3.30. The minimum absolute atomic E-state index is 0.168. The lowest BCUT2D eigenvalue weighted by Gasteiger charge is -2.13. The van der Waals surface area contributed by atoms with E-state index in [9.17, 15) is 17.6 Å². The Kier molecular flexibility index (Phi) is 2.79. The van der Waals surface area contributed by atoms with Crippen molar-refractivity contribution in [3.05, 3.63) is 17.0 Å². The van der Waals surface area contributed by atoms with Crippen molar-refractivity contribution in [2.75, 3.05) is 5.73 Å². The number of aromatic nitrogens is 2. The fourth-order valence-corrected chi connectivity index (χ4v) is 0.730. The highest BCUT2D eigenvalue weighted by Crippen LogP contribution is 2.32. The number of nitrogens with zero attached hydrogens (tertiary/aromatic N) is 2. The molecular formula is C6H4ClF4N3. The van der Waals surface area contributed by atoms with Gasteiger partial charge in [0.2, 0.25) is 5.82 Å². The lowest BCUT2D eigenvalue weighted by atomic mass is 10.3. The predicted molar refractivity (Wildman–Crippen MR) is 41.4 cm³/mol. The second kappa shape index (κ2) is 3.56. The standard InChI is InChI=1S/C6H4ClF4N3/c7-2-1-13-5(14-3(2)12)6(10,11)4(8)9/h1,4H,(H2,12,13,14). The van der Waals surface area contributed by atoms with Crippen LogP contribution in [0.2, 0.25) is 5.02 Å². The predicted octanol–water partition coefficient (Wildman–Crippen LogP) is 2.07. The van der Waals surface area contributed by atoms with Crippen LogP contribution in [-0.2, 0) is 5.92 Å². The number of alkyl halides is 4. The molecule has 0 fully saturated rings. The minimum atomic E-state index is -4.42. The Bertz CT molecular complexity index is 344. The van der Waals surface area contributed by atoms with Crippen LogP contribution in [-0.4, -0.2) is 16.4 Å². The van der Waals surface area contributed by atoms with Gasteiger partial charge < -0.3 is 5.73 Å². The molecule has 0 radical (unpaired) electrons. The fraction of sp³-hybridized carbons (Fsp3) is 0.333. The quantitative estimate of drug-likeness (QED) is 0.790. The van der Waals surface area contributed by atoms with Gasteiger partial charge in [-0.3, -0.25) is 0 Å². The molecule has 14 heavy (non-hydrogen) atoms. The summed E-state index contributed by atoms with van der Waals surface area (Å²) in [7, 11) is 0. The van der Waals surface area contributed by atoms with E-state index >= 15 is 0 Å². The minimum Gasteiger partial charge on any atom is -0.382 e. The van der Waals surface area contributed by atoms with Crippen LogP contribution in [0.25, 0.3) is 0 Å². The van der Waals surface area contributed by atoms with Crippen molar-refractivity contribution in [3.63, 3.8) is 0 Å². The van der Waals surface area contributed by atoms with Gasteiger partial charge in [-0.05, 0) is 0 Å². The maximum atomic E-state index is 12.6. The molecule has 0 aliphatic carbocycles. The summed E-state index contributed by atoms with van der Waals surface area (Å²) in [5, 5.41) is -0.168. The lowest BCUT2D eigenvalue weighted by molar-refractivity contribution is -0.140. The molecule has 1 aromatic rings. The highest BCUT2D eigenvalue weighted by molar-refractivity contribution is 6.32. The summed E-state index contributed by atoms with van der Waals surface area (Å²) in [6.07, 6.45) is -3.14. The van der Waals surface area contributed by atoms with Gasteiger partial charge in [-0.15, -0.1) is 0 Å². The zero-order valence-electron chi connectivity index (χ0n) is 6.52. The van der Waals surface area contributed by atoms with Crippen LogP contribution < -0.4 is 5.73 Å². The Labute approximate surface area is 80.9 Å². The Balaban J connectivity index is 3.14. The number of nitrogen functional groups attached to an aromatic ring is 1. The van der Waals surface area contributed by atoms with Crippen molar-refractivity contribution in [1.29, 1.82) is 0 Å². The van der Waals surface area contributed by atoms with E-state index in [4.69, 9.17) is 17.3 Å². The fourth-order valence-electron chi connectivity index (χ4n) is 0.638. The molecule has 0 bridgehead atoms. The Hall–Kier alpha value is -1.11. The van der Waals surface area contributed by atoms with Crippen LogP contribution >= 0.6 is 11.6 Å². The van der Waals surface area contributed by atoms with E-state index < -0.39 is 24.0 Å². The van der Waals surface area contributed by atoms with Crippen molar-refractivity contribution in [1.82, 2.24) is 9.97 Å². The maximum Gasteiger partial charge on any atom is 0.365 e. The number of nitrogens with two attached hydrogens (primary N) is 1. The van der Waals surface area contributed by atoms with Crippen LogP contribution in [0.15, 0.2) is 6.20 Å². The highest BCUT2D eigenvalue weighted by Gasteiger charge is 2.46. The summed E-state index contributed by atoms with van der Waals surface area (Å²) < 4.78 is 48.9. The molecule has 1 heterocycles. The number of halogens is 5. The molecule has 0 saturated heterocycles. The van der Waals surface area contributed by atoms with Gasteiger partial charge in [0.1, 0.15) is 10.8 Å². The first-order chi connectivity index (χ1) is 6.35. The summed E-state index contributed by atoms with van der Waals surface area (Å²) in [5.74, 6) is -6.22. The molecule has 0 aliphatic rings. The zero-order valence-corrected chi connectivity index (χ0v) is 7.27. The molecule has 78 valence electrons. The molecule has 3 nitrogen and oxygen atoms in total. The first kappa shape index (κ1) is 11.0. The number of rotatable bonds is 2. The molecule has 0 spiro atoms. The van der Waals surface area contributed by atoms with Crippen molar-refractivity contribution >= 4 is 17.4 Å². The van der Waals surface area contributed by atoms with Gasteiger partial charge in [-0.1, -0.05) is 11.6 Å². The number of hydrogen-bond donors (Lipinski definition) is 1. The van der Waals surface area contributed by atoms with Crippen LogP contribution in [0.3, 0.4) is 0 Å². The normalized spacial score (nSPS) is 12.1. The van der Waals surface area contributed by atoms with E-state index in [0.29, 0.717) is 0 Å². The second-order valence-corrected chi connectivity index (χ2v) is 2.76. The third-order valence-electron chi connectivity index (χ3n) is 1.34. The van der Waals surface area contributed by atoms with E-state index in [1.807, 2.05) is 0 Å². The van der Waals surface area contributed by atoms with Gasteiger partial charge in [0.25, 0.3) is 0 Å². The van der Waals surface area contributed by atoms with Crippen LogP contribution in [0.1, 0.15) is 5.82 Å². The third-order valence-corrected chi connectivity index (χ3v) is 1.63. The van der Waals surface area contributed by atoms with E-state index in [2.05, 4.69) is 9.97 Å². The Morgan fingerprint density at radius 1 is 1.43 bits per heavy atom. The molecule has 0 aliphatic heterocycles. The summed E-state index contributed by atoms with van der Waals surface area (Å²) in [4.78, 5) is 5.95.